The summed E-state index contributed by atoms with van der Waals surface area (Å²) in [5.41, 5.74) is 0.633. The zero-order valence-electron chi connectivity index (χ0n) is 12.6. The minimum Gasteiger partial charge on any atom is -0.481 e. The van der Waals surface area contributed by atoms with Gasteiger partial charge in [-0.2, -0.15) is 0 Å². The van der Waals surface area contributed by atoms with Crippen LogP contribution in [0.5, 0.6) is 5.75 Å². The number of amides is 1. The van der Waals surface area contributed by atoms with E-state index in [-0.39, 0.29) is 5.69 Å². The summed E-state index contributed by atoms with van der Waals surface area (Å²) in [5, 5.41) is 13.5. The Morgan fingerprint density at radius 1 is 1.26 bits per heavy atom. The summed E-state index contributed by atoms with van der Waals surface area (Å²) in [6.07, 6.45) is -0.848. The molecule has 2 aromatic carbocycles. The molecule has 0 unspecified atom stereocenters. The number of nitro benzene ring substituents is 1. The van der Waals surface area contributed by atoms with Gasteiger partial charge in [-0.05, 0) is 44.2 Å². The van der Waals surface area contributed by atoms with Gasteiger partial charge in [-0.1, -0.05) is 6.07 Å². The smallest absolute Gasteiger partial charge is 0.274 e. The number of nitrogens with zero attached hydrogens (tertiary/aromatic N) is 1. The van der Waals surface area contributed by atoms with Crippen LogP contribution in [-0.4, -0.2) is 16.9 Å². The summed E-state index contributed by atoms with van der Waals surface area (Å²) < 4.78 is 18.2. The fraction of sp³-hybridized carbons (Fsp3) is 0.188. The first-order chi connectivity index (χ1) is 10.9. The number of carbonyl (C=O) groups excluding carboxylic acids is 1. The molecule has 2 aromatic rings. The van der Waals surface area contributed by atoms with Crippen LogP contribution >= 0.6 is 0 Å². The van der Waals surface area contributed by atoms with Crippen molar-refractivity contribution < 1.29 is 18.8 Å². The maximum absolute atomic E-state index is 12.8. The first kappa shape index (κ1) is 16.4. The quantitative estimate of drug-likeness (QED) is 0.676. The van der Waals surface area contributed by atoms with Crippen LogP contribution < -0.4 is 10.1 Å². The normalized spacial score (nSPS) is 11.6. The number of hydrogen-bond donors (Lipinski definition) is 1. The van der Waals surface area contributed by atoms with Crippen molar-refractivity contribution >= 4 is 17.3 Å². The van der Waals surface area contributed by atoms with E-state index in [2.05, 4.69) is 5.32 Å². The Bertz CT molecular complexity index is 731. The maximum Gasteiger partial charge on any atom is 0.274 e. The van der Waals surface area contributed by atoms with E-state index in [0.717, 1.165) is 0 Å². The van der Waals surface area contributed by atoms with Gasteiger partial charge in [-0.15, -0.1) is 0 Å². The van der Waals surface area contributed by atoms with Gasteiger partial charge in [0.05, 0.1) is 16.2 Å². The lowest BCUT2D eigenvalue weighted by Gasteiger charge is -2.15. The van der Waals surface area contributed by atoms with Gasteiger partial charge < -0.3 is 10.1 Å². The summed E-state index contributed by atoms with van der Waals surface area (Å²) in [7, 11) is 0. The molecule has 0 saturated carbocycles. The molecule has 0 spiro atoms. The molecule has 2 rings (SSSR count). The molecule has 0 aliphatic heterocycles. The van der Waals surface area contributed by atoms with E-state index in [4.69, 9.17) is 4.74 Å². The van der Waals surface area contributed by atoms with E-state index >= 15 is 0 Å². The molecule has 0 fully saturated rings. The lowest BCUT2D eigenvalue weighted by atomic mass is 10.1. The molecule has 0 heterocycles. The van der Waals surface area contributed by atoms with Crippen LogP contribution in [-0.2, 0) is 4.79 Å². The average molecular weight is 318 g/mol. The van der Waals surface area contributed by atoms with Crippen LogP contribution in [0.1, 0.15) is 12.5 Å². The molecule has 0 saturated heterocycles. The summed E-state index contributed by atoms with van der Waals surface area (Å²) in [4.78, 5) is 22.5. The maximum atomic E-state index is 12.8. The van der Waals surface area contributed by atoms with Crippen LogP contribution in [0.25, 0.3) is 0 Å². The summed E-state index contributed by atoms with van der Waals surface area (Å²) in [5.74, 6) is -0.510. The van der Waals surface area contributed by atoms with Gasteiger partial charge in [0, 0.05) is 6.07 Å². The number of carbonyl (C=O) groups is 1. The molecule has 0 radical (unpaired) electrons. The van der Waals surface area contributed by atoms with Crippen molar-refractivity contribution in [1.29, 1.82) is 0 Å². The molecule has 1 atom stereocenters. The second-order valence-corrected chi connectivity index (χ2v) is 4.91. The van der Waals surface area contributed by atoms with E-state index in [1.54, 1.807) is 13.0 Å². The zero-order valence-corrected chi connectivity index (χ0v) is 12.6. The first-order valence-corrected chi connectivity index (χ1v) is 6.85. The standard InChI is InChI=1S/C16H15FN2O4/c1-10-14(4-3-5-15(10)19(21)22)18-16(20)11(2)23-13-8-6-12(17)7-9-13/h3-9,11H,1-2H3,(H,18,20)/t11-/m0/s1. The predicted octanol–water partition coefficient (Wildman–Crippen LogP) is 3.45. The van der Waals surface area contributed by atoms with Crippen LogP contribution in [0.2, 0.25) is 0 Å². The number of rotatable bonds is 5. The Morgan fingerprint density at radius 3 is 2.52 bits per heavy atom. The monoisotopic (exact) mass is 318 g/mol. The Hall–Kier alpha value is -2.96. The van der Waals surface area contributed by atoms with Crippen molar-refractivity contribution in [2.75, 3.05) is 5.32 Å². The number of benzene rings is 2. The average Bonchev–Trinajstić information content (AvgIpc) is 2.51. The Kier molecular flexibility index (Phi) is 4.90. The Labute approximate surface area is 132 Å². The van der Waals surface area contributed by atoms with Gasteiger partial charge in [0.2, 0.25) is 0 Å². The lowest BCUT2D eigenvalue weighted by Crippen LogP contribution is -2.30. The van der Waals surface area contributed by atoms with Crippen molar-refractivity contribution in [3.05, 3.63) is 64.0 Å². The molecule has 120 valence electrons. The van der Waals surface area contributed by atoms with E-state index in [0.29, 0.717) is 17.0 Å². The Balaban J connectivity index is 2.08. The fourth-order valence-electron chi connectivity index (χ4n) is 1.96. The van der Waals surface area contributed by atoms with Gasteiger partial charge in [-0.25, -0.2) is 4.39 Å². The molecular weight excluding hydrogens is 303 g/mol. The van der Waals surface area contributed by atoms with Gasteiger partial charge >= 0.3 is 0 Å². The highest BCUT2D eigenvalue weighted by atomic mass is 19.1. The van der Waals surface area contributed by atoms with Crippen molar-refractivity contribution in [3.63, 3.8) is 0 Å². The molecular formula is C16H15FN2O4. The molecule has 0 aliphatic carbocycles. The Morgan fingerprint density at radius 2 is 1.91 bits per heavy atom. The molecule has 0 bridgehead atoms. The fourth-order valence-corrected chi connectivity index (χ4v) is 1.96. The highest BCUT2D eigenvalue weighted by Gasteiger charge is 2.19. The third-order valence-electron chi connectivity index (χ3n) is 3.26. The van der Waals surface area contributed by atoms with E-state index in [1.165, 1.54) is 43.3 Å². The third-order valence-corrected chi connectivity index (χ3v) is 3.26. The van der Waals surface area contributed by atoms with Gasteiger partial charge in [0.1, 0.15) is 11.6 Å². The van der Waals surface area contributed by atoms with E-state index in [9.17, 15) is 19.3 Å². The molecule has 0 aliphatic rings. The number of hydrogen-bond acceptors (Lipinski definition) is 4. The number of nitro groups is 1. The largest absolute Gasteiger partial charge is 0.481 e. The second-order valence-electron chi connectivity index (χ2n) is 4.91. The summed E-state index contributed by atoms with van der Waals surface area (Å²) >= 11 is 0. The van der Waals surface area contributed by atoms with Gasteiger partial charge in [0.15, 0.2) is 6.10 Å². The summed E-state index contributed by atoms with van der Waals surface area (Å²) in [6, 6.07) is 9.71. The van der Waals surface area contributed by atoms with E-state index in [1.807, 2.05) is 0 Å². The predicted molar refractivity (Wildman–Crippen MR) is 83.0 cm³/mol. The minimum atomic E-state index is -0.848. The number of ether oxygens (including phenoxy) is 1. The van der Waals surface area contributed by atoms with Crippen molar-refractivity contribution in [3.8, 4) is 5.75 Å². The molecule has 23 heavy (non-hydrogen) atoms. The molecule has 7 heteroatoms. The van der Waals surface area contributed by atoms with Gasteiger partial charge in [0.25, 0.3) is 11.6 Å². The highest BCUT2D eigenvalue weighted by molar-refractivity contribution is 5.95. The van der Waals surface area contributed by atoms with Crippen molar-refractivity contribution in [2.24, 2.45) is 0 Å². The minimum absolute atomic E-state index is 0.0742. The lowest BCUT2D eigenvalue weighted by molar-refractivity contribution is -0.385. The third kappa shape index (κ3) is 4.03. The number of nitrogens with one attached hydrogen (secondary N) is 1. The van der Waals surface area contributed by atoms with Crippen molar-refractivity contribution in [2.45, 2.75) is 20.0 Å². The molecule has 6 nitrogen and oxygen atoms in total. The SMILES string of the molecule is Cc1c(NC(=O)[C@H](C)Oc2ccc(F)cc2)cccc1[N+](=O)[O-]. The van der Waals surface area contributed by atoms with Gasteiger partial charge in [-0.3, -0.25) is 14.9 Å². The first-order valence-electron chi connectivity index (χ1n) is 6.85. The van der Waals surface area contributed by atoms with Crippen LogP contribution in [0, 0.1) is 22.9 Å². The van der Waals surface area contributed by atoms with Crippen LogP contribution in [0.3, 0.4) is 0 Å². The van der Waals surface area contributed by atoms with Crippen LogP contribution in [0.15, 0.2) is 42.5 Å². The molecule has 1 N–H and O–H groups in total. The number of anilines is 1. The topological polar surface area (TPSA) is 81.5 Å². The van der Waals surface area contributed by atoms with Crippen LogP contribution in [0.4, 0.5) is 15.8 Å². The molecule has 1 amide bonds. The van der Waals surface area contributed by atoms with E-state index < -0.39 is 22.8 Å². The second kappa shape index (κ2) is 6.87. The number of halogens is 1. The molecule has 0 aromatic heterocycles. The zero-order chi connectivity index (χ0) is 17.0. The highest BCUT2D eigenvalue weighted by Crippen LogP contribution is 2.25. The summed E-state index contributed by atoms with van der Waals surface area (Å²) in [6.45, 7) is 3.09. The van der Waals surface area contributed by atoms with Crippen molar-refractivity contribution in [1.82, 2.24) is 0 Å².